The van der Waals surface area contributed by atoms with E-state index < -0.39 is 16.2 Å². The summed E-state index contributed by atoms with van der Waals surface area (Å²) in [7, 11) is -3.90. The van der Waals surface area contributed by atoms with Crippen molar-refractivity contribution in [1.29, 1.82) is 0 Å². The second-order valence-electron chi connectivity index (χ2n) is 5.54. The highest BCUT2D eigenvalue weighted by Gasteiger charge is 2.27. The minimum absolute atomic E-state index is 0.0654. The summed E-state index contributed by atoms with van der Waals surface area (Å²) in [6.07, 6.45) is -0.0759. The Morgan fingerprint density at radius 1 is 1.28 bits per heavy atom. The summed E-state index contributed by atoms with van der Waals surface area (Å²) >= 11 is 5.90. The van der Waals surface area contributed by atoms with Gasteiger partial charge in [0.05, 0.1) is 10.5 Å². The largest absolute Gasteiger partial charge is 0.486 e. The van der Waals surface area contributed by atoms with Crippen molar-refractivity contribution >= 4 is 28.0 Å². The van der Waals surface area contributed by atoms with Crippen LogP contribution in [0, 0.1) is 6.92 Å². The Balaban J connectivity index is 1.71. The van der Waals surface area contributed by atoms with Gasteiger partial charge >= 0.3 is 0 Å². The summed E-state index contributed by atoms with van der Waals surface area (Å²) in [4.78, 5) is 11.2. The molecule has 0 aliphatic carbocycles. The van der Waals surface area contributed by atoms with Gasteiger partial charge in [0.1, 0.15) is 13.2 Å². The van der Waals surface area contributed by atoms with E-state index in [1.54, 1.807) is 12.1 Å². The maximum absolute atomic E-state index is 12.2. The van der Waals surface area contributed by atoms with Crippen molar-refractivity contribution in [2.45, 2.75) is 17.9 Å². The average molecular weight is 383 g/mol. The molecular weight excluding hydrogens is 368 g/mol. The first kappa shape index (κ1) is 17.7. The number of benzene rings is 2. The first-order valence-electron chi connectivity index (χ1n) is 7.43. The van der Waals surface area contributed by atoms with Crippen LogP contribution >= 0.6 is 11.6 Å². The summed E-state index contributed by atoms with van der Waals surface area (Å²) in [6, 6.07) is 9.31. The van der Waals surface area contributed by atoms with E-state index in [1.165, 1.54) is 24.3 Å². The summed E-state index contributed by atoms with van der Waals surface area (Å²) < 4.78 is 40.6. The number of rotatable bonds is 5. The second-order valence-corrected chi connectivity index (χ2v) is 7.59. The zero-order valence-electron chi connectivity index (χ0n) is 13.3. The van der Waals surface area contributed by atoms with Gasteiger partial charge in [0.25, 0.3) is 10.1 Å². The van der Waals surface area contributed by atoms with Gasteiger partial charge in [-0.05, 0) is 25.1 Å². The fourth-order valence-corrected chi connectivity index (χ4v) is 3.47. The van der Waals surface area contributed by atoms with Gasteiger partial charge in [-0.2, -0.15) is 8.42 Å². The van der Waals surface area contributed by atoms with Crippen molar-refractivity contribution in [2.24, 2.45) is 0 Å². The summed E-state index contributed by atoms with van der Waals surface area (Å²) in [5.74, 6) is 0.569. The molecule has 0 N–H and O–H groups in total. The van der Waals surface area contributed by atoms with Crippen molar-refractivity contribution in [3.05, 3.63) is 52.5 Å². The number of ether oxygens (including phenoxy) is 2. The van der Waals surface area contributed by atoms with Crippen LogP contribution in [-0.2, 0) is 14.3 Å². The molecule has 1 aliphatic rings. The van der Waals surface area contributed by atoms with E-state index in [0.717, 1.165) is 5.56 Å². The van der Waals surface area contributed by atoms with Crippen molar-refractivity contribution in [2.75, 3.05) is 13.2 Å². The van der Waals surface area contributed by atoms with E-state index in [-0.39, 0.29) is 29.4 Å². The fourth-order valence-electron chi connectivity index (χ4n) is 2.31. The van der Waals surface area contributed by atoms with Crippen LogP contribution in [0.2, 0.25) is 5.02 Å². The smallest absolute Gasteiger partial charge is 0.297 e. The number of carbonyl (C=O) groups excluding carboxylic acids is 1. The normalized spacial score (nSPS) is 16.5. The molecule has 2 aromatic carbocycles. The summed E-state index contributed by atoms with van der Waals surface area (Å²) in [5.41, 5.74) is 1.17. The maximum atomic E-state index is 12.2. The van der Waals surface area contributed by atoms with Gasteiger partial charge < -0.3 is 9.47 Å². The minimum Gasteiger partial charge on any atom is -0.486 e. The molecule has 1 aliphatic heterocycles. The molecular formula is C17H15ClO6S. The number of hydrogen-bond donors (Lipinski definition) is 0. The number of halogens is 1. The highest BCUT2D eigenvalue weighted by molar-refractivity contribution is 7.86. The van der Waals surface area contributed by atoms with E-state index in [4.69, 9.17) is 25.3 Å². The number of hydrogen-bond acceptors (Lipinski definition) is 6. The van der Waals surface area contributed by atoms with E-state index in [2.05, 4.69) is 0 Å². The Labute approximate surface area is 150 Å². The number of fused-ring (bicyclic) bond motifs is 1. The van der Waals surface area contributed by atoms with Gasteiger partial charge in [-0.25, -0.2) is 0 Å². The predicted molar refractivity (Wildman–Crippen MR) is 91.1 cm³/mol. The molecule has 6 nitrogen and oxygen atoms in total. The lowest BCUT2D eigenvalue weighted by atomic mass is 10.2. The standard InChI is InChI=1S/C17H15ClO6S/c1-11-2-4-15(5-3-11)25(20,21)23-10-14-9-22-16-7-13(18)6-12(8-19)17(16)24-14/h2-8,14H,9-10H2,1H3. The molecule has 0 radical (unpaired) electrons. The van der Waals surface area contributed by atoms with Crippen LogP contribution in [0.3, 0.4) is 0 Å². The molecule has 1 unspecified atom stereocenters. The lowest BCUT2D eigenvalue weighted by Gasteiger charge is -2.27. The first-order valence-corrected chi connectivity index (χ1v) is 9.22. The first-order chi connectivity index (χ1) is 11.9. The molecule has 0 amide bonds. The molecule has 0 fully saturated rings. The fraction of sp³-hybridized carbons (Fsp3) is 0.235. The zero-order valence-corrected chi connectivity index (χ0v) is 14.8. The van der Waals surface area contributed by atoms with Gasteiger partial charge in [-0.15, -0.1) is 0 Å². The van der Waals surface area contributed by atoms with Crippen LogP contribution in [0.25, 0.3) is 0 Å². The summed E-state index contributed by atoms with van der Waals surface area (Å²) in [6.45, 7) is 1.70. The number of aldehydes is 1. The Hall–Kier alpha value is -2.09. The highest BCUT2D eigenvalue weighted by Crippen LogP contribution is 2.37. The van der Waals surface area contributed by atoms with Crippen molar-refractivity contribution in [3.63, 3.8) is 0 Å². The highest BCUT2D eigenvalue weighted by atomic mass is 35.5. The van der Waals surface area contributed by atoms with Gasteiger partial charge in [0.2, 0.25) is 0 Å². The number of aryl methyl sites for hydroxylation is 1. The minimum atomic E-state index is -3.90. The monoisotopic (exact) mass is 382 g/mol. The third-order valence-corrected chi connectivity index (χ3v) is 5.12. The van der Waals surface area contributed by atoms with Gasteiger partial charge in [0, 0.05) is 11.1 Å². The predicted octanol–water partition coefficient (Wildman–Crippen LogP) is 3.01. The molecule has 0 aromatic heterocycles. The van der Waals surface area contributed by atoms with Crippen LogP contribution in [0.5, 0.6) is 11.5 Å². The molecule has 2 aromatic rings. The van der Waals surface area contributed by atoms with E-state index >= 15 is 0 Å². The van der Waals surface area contributed by atoms with Crippen molar-refractivity contribution in [1.82, 2.24) is 0 Å². The van der Waals surface area contributed by atoms with E-state index in [1.807, 2.05) is 6.92 Å². The third kappa shape index (κ3) is 3.95. The molecule has 3 rings (SSSR count). The van der Waals surface area contributed by atoms with Crippen molar-refractivity contribution in [3.8, 4) is 11.5 Å². The topological polar surface area (TPSA) is 78.9 Å². The molecule has 132 valence electrons. The SMILES string of the molecule is Cc1ccc(S(=O)(=O)OCC2COc3cc(Cl)cc(C=O)c3O2)cc1. The summed E-state index contributed by atoms with van der Waals surface area (Å²) in [5, 5.41) is 0.348. The molecule has 1 heterocycles. The molecule has 0 spiro atoms. The van der Waals surface area contributed by atoms with Crippen molar-refractivity contribution < 1.29 is 26.9 Å². The Bertz CT molecular complexity index is 892. The van der Waals surface area contributed by atoms with Crippen LogP contribution in [0.1, 0.15) is 15.9 Å². The molecule has 0 bridgehead atoms. The Morgan fingerprint density at radius 2 is 2.00 bits per heavy atom. The quantitative estimate of drug-likeness (QED) is 0.584. The molecule has 0 saturated heterocycles. The van der Waals surface area contributed by atoms with E-state index in [0.29, 0.717) is 17.1 Å². The average Bonchev–Trinajstić information content (AvgIpc) is 2.59. The molecule has 1 atom stereocenters. The molecule has 8 heteroatoms. The van der Waals surface area contributed by atoms with E-state index in [9.17, 15) is 13.2 Å². The van der Waals surface area contributed by atoms with Gasteiger partial charge in [0.15, 0.2) is 23.9 Å². The Kier molecular flexibility index (Phi) is 4.99. The second kappa shape index (κ2) is 7.03. The lowest BCUT2D eigenvalue weighted by molar-refractivity contribution is 0.0545. The van der Waals surface area contributed by atoms with Crippen LogP contribution in [0.15, 0.2) is 41.3 Å². The van der Waals surface area contributed by atoms with Crippen LogP contribution < -0.4 is 9.47 Å². The lowest BCUT2D eigenvalue weighted by Crippen LogP contribution is -2.34. The molecule has 0 saturated carbocycles. The van der Waals surface area contributed by atoms with Crippen LogP contribution in [-0.4, -0.2) is 34.0 Å². The number of carbonyl (C=O) groups is 1. The Morgan fingerprint density at radius 3 is 2.68 bits per heavy atom. The third-order valence-electron chi connectivity index (χ3n) is 3.60. The molecule has 25 heavy (non-hydrogen) atoms. The maximum Gasteiger partial charge on any atom is 0.297 e. The van der Waals surface area contributed by atoms with Gasteiger partial charge in [-0.1, -0.05) is 29.3 Å². The van der Waals surface area contributed by atoms with Gasteiger partial charge in [-0.3, -0.25) is 8.98 Å². The zero-order chi connectivity index (χ0) is 18.0. The van der Waals surface area contributed by atoms with Crippen LogP contribution in [0.4, 0.5) is 0 Å².